The Kier molecular flexibility index (Phi) is 14.4. The van der Waals surface area contributed by atoms with Crippen molar-refractivity contribution in [3.8, 4) is 28.7 Å². The van der Waals surface area contributed by atoms with Gasteiger partial charge in [-0.25, -0.2) is 4.98 Å². The molecule has 10 aromatic rings. The van der Waals surface area contributed by atoms with Crippen LogP contribution < -0.4 is 9.30 Å². The summed E-state index contributed by atoms with van der Waals surface area (Å²) in [6, 6.07) is 66.8. The van der Waals surface area contributed by atoms with Crippen LogP contribution in [0.1, 0.15) is 154 Å². The predicted octanol–water partition coefficient (Wildman–Crippen LogP) is 17.3. The van der Waals surface area contributed by atoms with Crippen molar-refractivity contribution in [1.82, 2.24) is 14.1 Å². The maximum absolute atomic E-state index is 7.25. The summed E-state index contributed by atoms with van der Waals surface area (Å²) in [6.45, 7) is 34.3. The summed E-state index contributed by atoms with van der Waals surface area (Å²) in [5.74, 6) is 2.05. The van der Waals surface area contributed by atoms with Gasteiger partial charge in [-0.15, -0.1) is 35.4 Å². The second-order valence-corrected chi connectivity index (χ2v) is 25.6. The Morgan fingerprint density at radius 1 is 0.468 bits per heavy atom. The van der Waals surface area contributed by atoms with Gasteiger partial charge in [-0.1, -0.05) is 230 Å². The van der Waals surface area contributed by atoms with E-state index in [0.717, 1.165) is 50.3 Å². The molecule has 6 heteroatoms. The number of hydrogen-bond acceptors (Lipinski definition) is 2. The Balaban J connectivity index is 0.00000722. The van der Waals surface area contributed by atoms with E-state index in [1.807, 2.05) is 6.20 Å². The van der Waals surface area contributed by atoms with Crippen LogP contribution in [0.4, 0.5) is 0 Å². The molecular formula is C71H74N4OPt-2. The summed E-state index contributed by atoms with van der Waals surface area (Å²) in [6.07, 6.45) is 8.09. The van der Waals surface area contributed by atoms with Gasteiger partial charge in [-0.3, -0.25) is 4.57 Å². The predicted molar refractivity (Wildman–Crippen MR) is 314 cm³/mol. The molecule has 0 unspecified atom stereocenters. The molecular weight excluding hydrogens is 1120 g/mol. The summed E-state index contributed by atoms with van der Waals surface area (Å²) in [5, 5.41) is 2.31. The average Bonchev–Trinajstić information content (AvgIpc) is 4.02. The van der Waals surface area contributed by atoms with Crippen molar-refractivity contribution >= 4 is 21.8 Å². The molecule has 0 amide bonds. The zero-order chi connectivity index (χ0) is 54.2. The Morgan fingerprint density at radius 2 is 0.974 bits per heavy atom. The molecule has 7 aromatic carbocycles. The van der Waals surface area contributed by atoms with Crippen LogP contribution in [-0.2, 0) is 53.6 Å². The third kappa shape index (κ3) is 10.5. The van der Waals surface area contributed by atoms with Crippen molar-refractivity contribution in [2.45, 2.75) is 136 Å². The summed E-state index contributed by atoms with van der Waals surface area (Å²) < 4.78 is 13.9. The molecule has 0 saturated carbocycles. The van der Waals surface area contributed by atoms with Crippen LogP contribution in [0, 0.1) is 18.5 Å². The Morgan fingerprint density at radius 3 is 1.49 bits per heavy atom. The maximum Gasteiger partial charge on any atom is 0.267 e. The fourth-order valence-electron chi connectivity index (χ4n) is 10.8. The van der Waals surface area contributed by atoms with Crippen LogP contribution in [-0.4, -0.2) is 14.1 Å². The average molecular weight is 1190 g/mol. The first kappa shape index (κ1) is 55.0. The molecule has 0 aliphatic heterocycles. The second-order valence-electron chi connectivity index (χ2n) is 25.6. The third-order valence-corrected chi connectivity index (χ3v) is 15.9. The zero-order valence-corrected chi connectivity index (χ0v) is 50.0. The monoisotopic (exact) mass is 1190 g/mol. The number of ether oxygens (including phenoxy) is 1. The van der Waals surface area contributed by atoms with Crippen LogP contribution >= 0.6 is 0 Å². The molecule has 0 fully saturated rings. The van der Waals surface area contributed by atoms with Gasteiger partial charge in [-0.05, 0) is 96.4 Å². The summed E-state index contributed by atoms with van der Waals surface area (Å²) in [5.41, 5.74) is 13.0. The molecule has 0 bridgehead atoms. The van der Waals surface area contributed by atoms with E-state index in [1.54, 1.807) is 0 Å². The number of rotatable bonds is 11. The van der Waals surface area contributed by atoms with Crippen molar-refractivity contribution in [3.05, 3.63) is 245 Å². The van der Waals surface area contributed by atoms with E-state index in [1.165, 1.54) is 38.9 Å². The van der Waals surface area contributed by atoms with Gasteiger partial charge in [-0.2, -0.15) is 6.07 Å². The smallest absolute Gasteiger partial charge is 0.267 e. The number of fused-ring (bicyclic) bond motifs is 3. The van der Waals surface area contributed by atoms with Crippen LogP contribution in [0.15, 0.2) is 176 Å². The zero-order valence-electron chi connectivity index (χ0n) is 47.8. The standard InChI is InChI=1S/C71H74N4O.Pt/c1-66(2,3)51-35-36-72-64(42-51)75-61-34-26-25-33-59(61)65-60(67(4,5)6)44-58(45-62(65)75)76-57-41-54(71(14,15)50-31-23-18-24-32-50)40-56(43-57)74-47-73(46-63(74)68(7,8)9)55-38-52(69(10,11)48-27-19-16-20-28-48)37-53(39-55)70(12,13)49-29-21-17-22-30-49;/h16-42,44,46H,1-15H3;/q-2;. The first-order valence-electron chi connectivity index (χ1n) is 26.9. The number of nitrogens with zero attached hydrogens (tertiary/aromatic N) is 4. The second kappa shape index (κ2) is 20.2. The quantitative estimate of drug-likeness (QED) is 0.0956. The molecule has 0 saturated heterocycles. The minimum Gasteiger partial charge on any atom is -0.510 e. The van der Waals surface area contributed by atoms with Gasteiger partial charge < -0.3 is 13.9 Å². The fourth-order valence-corrected chi connectivity index (χ4v) is 10.8. The van der Waals surface area contributed by atoms with Gasteiger partial charge in [0.15, 0.2) is 0 Å². The summed E-state index contributed by atoms with van der Waals surface area (Å²) in [4.78, 5) is 5.01. The first-order valence-corrected chi connectivity index (χ1v) is 26.9. The Bertz CT molecular complexity index is 3680. The Labute approximate surface area is 473 Å². The van der Waals surface area contributed by atoms with E-state index >= 15 is 0 Å². The maximum atomic E-state index is 7.25. The number of imidazole rings is 1. The minimum absolute atomic E-state index is 0. The third-order valence-electron chi connectivity index (χ3n) is 15.9. The topological polar surface area (TPSA) is 35.9 Å². The molecule has 0 radical (unpaired) electrons. The van der Waals surface area contributed by atoms with E-state index in [9.17, 15) is 0 Å². The van der Waals surface area contributed by atoms with Gasteiger partial charge in [0.2, 0.25) is 0 Å². The van der Waals surface area contributed by atoms with Crippen LogP contribution in [0.5, 0.6) is 11.5 Å². The van der Waals surface area contributed by atoms with Crippen molar-refractivity contribution in [2.75, 3.05) is 0 Å². The Hall–Kier alpha value is -6.81. The molecule has 77 heavy (non-hydrogen) atoms. The van der Waals surface area contributed by atoms with Crippen molar-refractivity contribution in [2.24, 2.45) is 0 Å². The summed E-state index contributed by atoms with van der Waals surface area (Å²) >= 11 is 0. The molecule has 10 rings (SSSR count). The largest absolute Gasteiger partial charge is 0.510 e. The van der Waals surface area contributed by atoms with Crippen LogP contribution in [0.2, 0.25) is 0 Å². The minimum atomic E-state index is -0.413. The van der Waals surface area contributed by atoms with Gasteiger partial charge >= 0.3 is 0 Å². The first-order chi connectivity index (χ1) is 35.8. The van der Waals surface area contributed by atoms with Crippen molar-refractivity contribution in [3.63, 3.8) is 0 Å². The van der Waals surface area contributed by atoms with Gasteiger partial charge in [0, 0.05) is 61.3 Å². The van der Waals surface area contributed by atoms with Crippen LogP contribution in [0.25, 0.3) is 39.0 Å². The van der Waals surface area contributed by atoms with E-state index in [0.29, 0.717) is 11.5 Å². The molecule has 3 heterocycles. The van der Waals surface area contributed by atoms with Gasteiger partial charge in [0.1, 0.15) is 5.82 Å². The number of aromatic nitrogens is 4. The number of benzene rings is 7. The molecule has 0 aliphatic carbocycles. The van der Waals surface area contributed by atoms with Crippen LogP contribution in [0.3, 0.4) is 0 Å². The van der Waals surface area contributed by atoms with E-state index in [4.69, 9.17) is 9.72 Å². The SMILES string of the molecule is CC(C)(C)c1ccnc(-n2c3[c-]c(Oc4[c-]c(-n5[c-][n+](-c6cc(C(C)(C)c7ccccc7)cc(C(C)(C)c7ccccc7)c6)cc5C(C)(C)C)cc(C(C)(C)c5ccccc5)c4)cc(C(C)(C)C)c3c3ccccc32)c1.[Pt]. The number of para-hydroxylation sites is 1. The van der Waals surface area contributed by atoms with Crippen molar-refractivity contribution < 1.29 is 30.4 Å². The molecule has 0 atom stereocenters. The molecule has 0 spiro atoms. The normalized spacial score (nSPS) is 12.8. The molecule has 3 aromatic heterocycles. The van der Waals surface area contributed by atoms with E-state index in [-0.39, 0.29) is 48.1 Å². The summed E-state index contributed by atoms with van der Waals surface area (Å²) in [7, 11) is 0. The number of hydrogen-bond donors (Lipinski definition) is 0. The van der Waals surface area contributed by atoms with Gasteiger partial charge in [0.05, 0.1) is 11.4 Å². The molecule has 5 nitrogen and oxygen atoms in total. The molecule has 0 aliphatic rings. The van der Waals surface area contributed by atoms with Crippen molar-refractivity contribution in [1.29, 1.82) is 0 Å². The van der Waals surface area contributed by atoms with Gasteiger partial charge in [0.25, 0.3) is 6.33 Å². The molecule has 396 valence electrons. The van der Waals surface area contributed by atoms with E-state index < -0.39 is 5.41 Å². The number of pyridine rings is 1. The molecule has 0 N–H and O–H groups in total. The fraction of sp³-hybridized carbons (Fsp3) is 0.296. The van der Waals surface area contributed by atoms with E-state index in [2.05, 4.69) is 306 Å².